The SMILES string of the molecule is CC1=C(C#N)[C@H](c2cccc(I)c2)C2=C(CCCC2=O)N1. The van der Waals surface area contributed by atoms with Crippen molar-refractivity contribution in [3.63, 3.8) is 0 Å². The van der Waals surface area contributed by atoms with Crippen LogP contribution >= 0.6 is 22.6 Å². The Morgan fingerprint density at radius 2 is 2.19 bits per heavy atom. The number of benzene rings is 1. The molecule has 21 heavy (non-hydrogen) atoms. The highest BCUT2D eigenvalue weighted by Crippen LogP contribution is 2.41. The molecule has 0 bridgehead atoms. The van der Waals surface area contributed by atoms with Gasteiger partial charge in [-0.2, -0.15) is 5.26 Å². The quantitative estimate of drug-likeness (QED) is 0.743. The zero-order chi connectivity index (χ0) is 15.0. The summed E-state index contributed by atoms with van der Waals surface area (Å²) < 4.78 is 1.11. The Balaban J connectivity index is 2.20. The van der Waals surface area contributed by atoms with Gasteiger partial charge in [-0.15, -0.1) is 0 Å². The van der Waals surface area contributed by atoms with E-state index < -0.39 is 0 Å². The molecule has 1 aromatic rings. The van der Waals surface area contributed by atoms with Gasteiger partial charge in [0.15, 0.2) is 5.78 Å². The van der Waals surface area contributed by atoms with E-state index in [-0.39, 0.29) is 11.7 Å². The molecule has 0 radical (unpaired) electrons. The molecule has 0 saturated heterocycles. The lowest BCUT2D eigenvalue weighted by molar-refractivity contribution is -0.116. The summed E-state index contributed by atoms with van der Waals surface area (Å²) in [5, 5.41) is 12.8. The van der Waals surface area contributed by atoms with Gasteiger partial charge in [-0.1, -0.05) is 12.1 Å². The van der Waals surface area contributed by atoms with Gasteiger partial charge in [0, 0.05) is 27.0 Å². The molecular weight excluding hydrogens is 375 g/mol. The number of ketones is 1. The Morgan fingerprint density at radius 3 is 2.90 bits per heavy atom. The number of nitriles is 1. The summed E-state index contributed by atoms with van der Waals surface area (Å²) >= 11 is 2.26. The maximum Gasteiger partial charge on any atom is 0.161 e. The van der Waals surface area contributed by atoms with Gasteiger partial charge in [-0.3, -0.25) is 4.79 Å². The first kappa shape index (κ1) is 14.3. The van der Waals surface area contributed by atoms with E-state index in [2.05, 4.69) is 40.0 Å². The number of carbonyl (C=O) groups excluding carboxylic acids is 1. The molecule has 4 heteroatoms. The van der Waals surface area contributed by atoms with Crippen LogP contribution in [0.15, 0.2) is 46.8 Å². The van der Waals surface area contributed by atoms with Crippen LogP contribution in [0.4, 0.5) is 0 Å². The Kier molecular flexibility index (Phi) is 3.85. The molecule has 106 valence electrons. The molecule has 3 nitrogen and oxygen atoms in total. The van der Waals surface area contributed by atoms with Crippen LogP contribution in [0.1, 0.15) is 37.7 Å². The number of carbonyl (C=O) groups is 1. The fourth-order valence-electron chi connectivity index (χ4n) is 3.15. The molecule has 1 N–H and O–H groups in total. The molecule has 0 unspecified atom stereocenters. The molecule has 0 amide bonds. The topological polar surface area (TPSA) is 52.9 Å². The van der Waals surface area contributed by atoms with Crippen molar-refractivity contribution in [3.05, 3.63) is 55.9 Å². The molecule has 1 aliphatic heterocycles. The summed E-state index contributed by atoms with van der Waals surface area (Å²) in [6.07, 6.45) is 2.36. The second-order valence-corrected chi connectivity index (χ2v) is 6.68. The van der Waals surface area contributed by atoms with E-state index in [0.29, 0.717) is 12.0 Å². The molecule has 1 aromatic carbocycles. The van der Waals surface area contributed by atoms with Crippen LogP contribution in [-0.4, -0.2) is 5.78 Å². The molecule has 1 heterocycles. The number of hydrogen-bond acceptors (Lipinski definition) is 3. The average molecular weight is 390 g/mol. The Hall–Kier alpha value is -1.61. The van der Waals surface area contributed by atoms with E-state index in [1.54, 1.807) is 0 Å². The Bertz CT molecular complexity index is 725. The smallest absolute Gasteiger partial charge is 0.161 e. The van der Waals surface area contributed by atoms with Crippen LogP contribution in [0.25, 0.3) is 0 Å². The Morgan fingerprint density at radius 1 is 1.38 bits per heavy atom. The number of nitrogens with zero attached hydrogens (tertiary/aromatic N) is 1. The van der Waals surface area contributed by atoms with Gasteiger partial charge in [0.25, 0.3) is 0 Å². The van der Waals surface area contributed by atoms with Gasteiger partial charge >= 0.3 is 0 Å². The standard InChI is InChI=1S/C17H15IN2O/c1-10-13(9-19)16(11-4-2-5-12(18)8-11)17-14(20-10)6-3-7-15(17)21/h2,4-5,8,16,20H,3,6-7H2,1H3/t16-/m0/s1. The van der Waals surface area contributed by atoms with Crippen LogP contribution < -0.4 is 5.32 Å². The molecule has 3 rings (SSSR count). The molecule has 0 aromatic heterocycles. The summed E-state index contributed by atoms with van der Waals surface area (Å²) in [6.45, 7) is 1.92. The highest BCUT2D eigenvalue weighted by atomic mass is 127. The number of rotatable bonds is 1. The third kappa shape index (κ3) is 2.51. The molecule has 0 saturated carbocycles. The van der Waals surface area contributed by atoms with E-state index in [9.17, 15) is 10.1 Å². The first-order valence-corrected chi connectivity index (χ1v) is 8.09. The molecule has 0 fully saturated rings. The second kappa shape index (κ2) is 5.64. The van der Waals surface area contributed by atoms with Crippen LogP contribution in [-0.2, 0) is 4.79 Å². The van der Waals surface area contributed by atoms with Crippen LogP contribution in [0, 0.1) is 14.9 Å². The van der Waals surface area contributed by atoms with Crippen LogP contribution in [0.5, 0.6) is 0 Å². The number of nitrogens with one attached hydrogen (secondary N) is 1. The predicted molar refractivity (Wildman–Crippen MR) is 89.2 cm³/mol. The van der Waals surface area contributed by atoms with Gasteiger partial charge in [0.1, 0.15) is 0 Å². The maximum absolute atomic E-state index is 12.4. The number of halogens is 1. The Labute approximate surface area is 137 Å². The number of dihydropyridines is 1. The van der Waals surface area contributed by atoms with Crippen molar-refractivity contribution < 1.29 is 4.79 Å². The summed E-state index contributed by atoms with van der Waals surface area (Å²) in [4.78, 5) is 12.4. The third-order valence-electron chi connectivity index (χ3n) is 4.08. The number of Topliss-reactive ketones (excluding diaryl/α,β-unsaturated/α-hetero) is 1. The number of allylic oxidation sites excluding steroid dienone is 4. The third-order valence-corrected chi connectivity index (χ3v) is 4.75. The summed E-state index contributed by atoms with van der Waals surface area (Å²) in [5.41, 5.74) is 4.36. The van der Waals surface area contributed by atoms with E-state index in [1.807, 2.05) is 25.1 Å². The van der Waals surface area contributed by atoms with Gasteiger partial charge in [-0.05, 0) is 60.1 Å². The minimum Gasteiger partial charge on any atom is -0.361 e. The lowest BCUT2D eigenvalue weighted by Gasteiger charge is -2.32. The van der Waals surface area contributed by atoms with Gasteiger partial charge in [0.2, 0.25) is 0 Å². The zero-order valence-electron chi connectivity index (χ0n) is 11.7. The van der Waals surface area contributed by atoms with Crippen molar-refractivity contribution in [2.24, 2.45) is 0 Å². The zero-order valence-corrected chi connectivity index (χ0v) is 13.9. The summed E-state index contributed by atoms with van der Waals surface area (Å²) in [6, 6.07) is 10.4. The van der Waals surface area contributed by atoms with Crippen molar-refractivity contribution in [2.45, 2.75) is 32.1 Å². The van der Waals surface area contributed by atoms with Gasteiger partial charge in [0.05, 0.1) is 17.6 Å². The van der Waals surface area contributed by atoms with Crippen molar-refractivity contribution in [1.82, 2.24) is 5.32 Å². The molecule has 0 spiro atoms. The predicted octanol–water partition coefficient (Wildman–Crippen LogP) is 3.78. The lowest BCUT2D eigenvalue weighted by atomic mass is 9.76. The van der Waals surface area contributed by atoms with Gasteiger partial charge in [-0.25, -0.2) is 0 Å². The monoisotopic (exact) mass is 390 g/mol. The average Bonchev–Trinajstić information content (AvgIpc) is 2.46. The van der Waals surface area contributed by atoms with Crippen molar-refractivity contribution in [2.75, 3.05) is 0 Å². The largest absolute Gasteiger partial charge is 0.361 e. The van der Waals surface area contributed by atoms with Crippen molar-refractivity contribution >= 4 is 28.4 Å². The van der Waals surface area contributed by atoms with Crippen molar-refractivity contribution in [1.29, 1.82) is 5.26 Å². The number of hydrogen-bond donors (Lipinski definition) is 1. The molecule has 1 aliphatic carbocycles. The van der Waals surface area contributed by atoms with E-state index in [0.717, 1.165) is 38.9 Å². The minimum atomic E-state index is -0.214. The lowest BCUT2D eigenvalue weighted by Crippen LogP contribution is -2.31. The fourth-order valence-corrected chi connectivity index (χ4v) is 3.72. The molecule has 2 aliphatic rings. The highest BCUT2D eigenvalue weighted by molar-refractivity contribution is 14.1. The van der Waals surface area contributed by atoms with E-state index >= 15 is 0 Å². The van der Waals surface area contributed by atoms with Gasteiger partial charge < -0.3 is 5.32 Å². The van der Waals surface area contributed by atoms with Crippen LogP contribution in [0.2, 0.25) is 0 Å². The summed E-state index contributed by atoms with van der Waals surface area (Å²) in [5.74, 6) is -0.0402. The normalized spacial score (nSPS) is 21.8. The summed E-state index contributed by atoms with van der Waals surface area (Å²) in [7, 11) is 0. The highest BCUT2D eigenvalue weighted by Gasteiger charge is 2.35. The van der Waals surface area contributed by atoms with Crippen molar-refractivity contribution in [3.8, 4) is 6.07 Å². The molecule has 1 atom stereocenters. The first-order valence-electron chi connectivity index (χ1n) is 7.01. The second-order valence-electron chi connectivity index (χ2n) is 5.43. The van der Waals surface area contributed by atoms with E-state index in [4.69, 9.17) is 0 Å². The first-order chi connectivity index (χ1) is 10.1. The molecular formula is C17H15IN2O. The van der Waals surface area contributed by atoms with Crippen LogP contribution in [0.3, 0.4) is 0 Å². The fraction of sp³-hybridized carbons (Fsp3) is 0.294. The van der Waals surface area contributed by atoms with E-state index in [1.165, 1.54) is 0 Å². The minimum absolute atomic E-state index is 0.174. The maximum atomic E-state index is 12.4.